The number of amides is 1. The van der Waals surface area contributed by atoms with E-state index in [0.29, 0.717) is 28.9 Å². The summed E-state index contributed by atoms with van der Waals surface area (Å²) in [6, 6.07) is 7.32. The standard InChI is InChI=1S/C20H27N3O2/c1-4-11-22(13-15-9-10-15)20(25)18-16-7-5-6-8-17(16)19(24)23(21-18)12-14(2)3/h5-8,14-15H,4,9-13H2,1-3H3. The number of nitrogens with zero attached hydrogens (tertiary/aromatic N) is 3. The van der Waals surface area contributed by atoms with Crippen LogP contribution in [0.2, 0.25) is 0 Å². The van der Waals surface area contributed by atoms with Gasteiger partial charge in [0.2, 0.25) is 0 Å². The Hall–Kier alpha value is -2.17. The fourth-order valence-electron chi connectivity index (χ4n) is 3.17. The lowest BCUT2D eigenvalue weighted by atomic mass is 10.1. The molecule has 1 aliphatic carbocycles. The first-order chi connectivity index (χ1) is 12.0. The highest BCUT2D eigenvalue weighted by molar-refractivity contribution is 6.04. The largest absolute Gasteiger partial charge is 0.337 e. The number of carbonyl (C=O) groups excluding carboxylic acids is 1. The van der Waals surface area contributed by atoms with Crippen LogP contribution in [0.3, 0.4) is 0 Å². The molecule has 5 heteroatoms. The van der Waals surface area contributed by atoms with E-state index in [0.717, 1.165) is 19.5 Å². The predicted octanol–water partition coefficient (Wildman–Crippen LogP) is 3.31. The van der Waals surface area contributed by atoms with Crippen LogP contribution in [0.15, 0.2) is 29.1 Å². The van der Waals surface area contributed by atoms with Crippen LogP contribution >= 0.6 is 0 Å². The second kappa shape index (κ2) is 7.38. The van der Waals surface area contributed by atoms with Crippen molar-refractivity contribution in [3.63, 3.8) is 0 Å². The molecule has 25 heavy (non-hydrogen) atoms. The summed E-state index contributed by atoms with van der Waals surface area (Å²) in [4.78, 5) is 27.8. The van der Waals surface area contributed by atoms with Crippen LogP contribution in [-0.4, -0.2) is 33.7 Å². The van der Waals surface area contributed by atoms with E-state index in [9.17, 15) is 9.59 Å². The Kier molecular flexibility index (Phi) is 5.21. The first kappa shape index (κ1) is 17.6. The zero-order valence-corrected chi connectivity index (χ0v) is 15.4. The Morgan fingerprint density at radius 2 is 1.96 bits per heavy atom. The predicted molar refractivity (Wildman–Crippen MR) is 99.8 cm³/mol. The van der Waals surface area contributed by atoms with Crippen LogP contribution in [0.4, 0.5) is 0 Å². The molecule has 1 aromatic heterocycles. The van der Waals surface area contributed by atoms with Crippen LogP contribution < -0.4 is 5.56 Å². The van der Waals surface area contributed by atoms with Gasteiger partial charge < -0.3 is 4.90 Å². The van der Waals surface area contributed by atoms with Gasteiger partial charge in [-0.1, -0.05) is 39.0 Å². The second-order valence-electron chi connectivity index (χ2n) is 7.47. The Balaban J connectivity index is 2.07. The van der Waals surface area contributed by atoms with E-state index >= 15 is 0 Å². The molecule has 1 saturated carbocycles. The normalized spacial score (nSPS) is 14.2. The van der Waals surface area contributed by atoms with Crippen molar-refractivity contribution in [3.8, 4) is 0 Å². The molecule has 0 radical (unpaired) electrons. The minimum atomic E-state index is -0.120. The van der Waals surface area contributed by atoms with Gasteiger partial charge in [0, 0.05) is 25.0 Å². The number of aromatic nitrogens is 2. The second-order valence-corrected chi connectivity index (χ2v) is 7.47. The number of hydrogen-bond acceptors (Lipinski definition) is 3. The van der Waals surface area contributed by atoms with E-state index in [1.165, 1.54) is 17.5 Å². The van der Waals surface area contributed by atoms with Crippen LogP contribution in [0.1, 0.15) is 50.5 Å². The first-order valence-corrected chi connectivity index (χ1v) is 9.30. The lowest BCUT2D eigenvalue weighted by Crippen LogP contribution is -2.36. The van der Waals surface area contributed by atoms with Crippen molar-refractivity contribution in [2.75, 3.05) is 13.1 Å². The van der Waals surface area contributed by atoms with Crippen molar-refractivity contribution in [1.29, 1.82) is 0 Å². The molecule has 1 aliphatic rings. The van der Waals surface area contributed by atoms with Crippen LogP contribution in [-0.2, 0) is 6.54 Å². The smallest absolute Gasteiger partial charge is 0.274 e. The Bertz CT molecular complexity index is 821. The summed E-state index contributed by atoms with van der Waals surface area (Å²) >= 11 is 0. The third-order valence-electron chi connectivity index (χ3n) is 4.56. The summed E-state index contributed by atoms with van der Waals surface area (Å²) in [6.45, 7) is 8.21. The van der Waals surface area contributed by atoms with E-state index < -0.39 is 0 Å². The molecule has 134 valence electrons. The highest BCUT2D eigenvalue weighted by atomic mass is 16.2. The monoisotopic (exact) mass is 341 g/mol. The number of rotatable bonds is 7. The summed E-state index contributed by atoms with van der Waals surface area (Å²) in [7, 11) is 0. The van der Waals surface area contributed by atoms with Crippen molar-refractivity contribution in [1.82, 2.24) is 14.7 Å². The SMILES string of the molecule is CCCN(CC1CC1)C(=O)c1nn(CC(C)C)c(=O)c2ccccc12. The van der Waals surface area contributed by atoms with E-state index in [2.05, 4.69) is 12.0 Å². The molecule has 5 nitrogen and oxygen atoms in total. The quantitative estimate of drug-likeness (QED) is 0.776. The van der Waals surface area contributed by atoms with Gasteiger partial charge >= 0.3 is 0 Å². The van der Waals surface area contributed by atoms with E-state index in [-0.39, 0.29) is 17.4 Å². The molecule has 3 rings (SSSR count). The summed E-state index contributed by atoms with van der Waals surface area (Å²) < 4.78 is 1.46. The number of carbonyl (C=O) groups is 1. The van der Waals surface area contributed by atoms with Gasteiger partial charge in [0.05, 0.1) is 5.39 Å². The molecule has 1 amide bonds. The molecule has 0 atom stereocenters. The Morgan fingerprint density at radius 3 is 2.56 bits per heavy atom. The zero-order chi connectivity index (χ0) is 18.0. The Labute approximate surface area is 148 Å². The third kappa shape index (κ3) is 3.91. The van der Waals surface area contributed by atoms with Crippen molar-refractivity contribution in [3.05, 3.63) is 40.3 Å². The van der Waals surface area contributed by atoms with E-state index in [4.69, 9.17) is 0 Å². The topological polar surface area (TPSA) is 55.2 Å². The molecule has 0 saturated heterocycles. The fraction of sp³-hybridized carbons (Fsp3) is 0.550. The fourth-order valence-corrected chi connectivity index (χ4v) is 3.17. The maximum atomic E-state index is 13.2. The molecule has 0 bridgehead atoms. The molecule has 1 fully saturated rings. The third-order valence-corrected chi connectivity index (χ3v) is 4.56. The van der Waals surface area contributed by atoms with Gasteiger partial charge in [0.1, 0.15) is 0 Å². The number of fused-ring (bicyclic) bond motifs is 1. The molecule has 2 aromatic rings. The van der Waals surface area contributed by atoms with E-state index in [1.807, 2.05) is 36.9 Å². The van der Waals surface area contributed by atoms with Gasteiger partial charge in [0.25, 0.3) is 11.5 Å². The van der Waals surface area contributed by atoms with Gasteiger partial charge in [-0.3, -0.25) is 9.59 Å². The lowest BCUT2D eigenvalue weighted by Gasteiger charge is -2.22. The molecular weight excluding hydrogens is 314 g/mol. The van der Waals surface area contributed by atoms with Gasteiger partial charge in [-0.25, -0.2) is 4.68 Å². The summed E-state index contributed by atoms with van der Waals surface area (Å²) in [5.41, 5.74) is 0.287. The molecule has 1 heterocycles. The van der Waals surface area contributed by atoms with Crippen LogP contribution in [0.5, 0.6) is 0 Å². The summed E-state index contributed by atoms with van der Waals surface area (Å²) in [5.74, 6) is 0.860. The highest BCUT2D eigenvalue weighted by Gasteiger charge is 2.28. The van der Waals surface area contributed by atoms with E-state index in [1.54, 1.807) is 6.07 Å². The van der Waals surface area contributed by atoms with Crippen LogP contribution in [0, 0.1) is 11.8 Å². The number of benzene rings is 1. The van der Waals surface area contributed by atoms with Crippen molar-refractivity contribution < 1.29 is 4.79 Å². The zero-order valence-electron chi connectivity index (χ0n) is 15.4. The van der Waals surface area contributed by atoms with Crippen molar-refractivity contribution in [2.24, 2.45) is 11.8 Å². The van der Waals surface area contributed by atoms with Gasteiger partial charge in [-0.2, -0.15) is 5.10 Å². The van der Waals surface area contributed by atoms with Gasteiger partial charge in [-0.15, -0.1) is 0 Å². The summed E-state index contributed by atoms with van der Waals surface area (Å²) in [6.07, 6.45) is 3.32. The minimum Gasteiger partial charge on any atom is -0.337 e. The molecule has 0 N–H and O–H groups in total. The van der Waals surface area contributed by atoms with Gasteiger partial charge in [-0.05, 0) is 37.2 Å². The van der Waals surface area contributed by atoms with Crippen LogP contribution in [0.25, 0.3) is 10.8 Å². The number of hydrogen-bond donors (Lipinski definition) is 0. The molecule has 1 aromatic carbocycles. The highest BCUT2D eigenvalue weighted by Crippen LogP contribution is 2.30. The lowest BCUT2D eigenvalue weighted by molar-refractivity contribution is 0.0741. The minimum absolute atomic E-state index is 0.0533. The maximum absolute atomic E-state index is 13.2. The van der Waals surface area contributed by atoms with Gasteiger partial charge in [0.15, 0.2) is 5.69 Å². The average Bonchev–Trinajstić information content (AvgIpc) is 3.40. The van der Waals surface area contributed by atoms with Crippen molar-refractivity contribution >= 4 is 16.7 Å². The average molecular weight is 341 g/mol. The molecule has 0 aliphatic heterocycles. The summed E-state index contributed by atoms with van der Waals surface area (Å²) in [5, 5.41) is 5.72. The molecule has 0 spiro atoms. The molecular formula is C20H27N3O2. The maximum Gasteiger partial charge on any atom is 0.274 e. The Morgan fingerprint density at radius 1 is 1.28 bits per heavy atom. The van der Waals surface area contributed by atoms with Crippen molar-refractivity contribution in [2.45, 2.75) is 46.6 Å². The first-order valence-electron chi connectivity index (χ1n) is 9.30. The molecule has 0 unspecified atom stereocenters.